The van der Waals surface area contributed by atoms with Crippen molar-refractivity contribution >= 4 is 17.3 Å². The maximum atomic E-state index is 10.7. The Morgan fingerprint density at radius 2 is 2.29 bits per heavy atom. The van der Waals surface area contributed by atoms with Crippen LogP contribution < -0.4 is 11.1 Å². The van der Waals surface area contributed by atoms with Crippen LogP contribution in [0.15, 0.2) is 18.2 Å². The highest BCUT2D eigenvalue weighted by Gasteiger charge is 2.13. The fourth-order valence-electron chi connectivity index (χ4n) is 1.23. The Morgan fingerprint density at radius 1 is 1.59 bits per heavy atom. The van der Waals surface area contributed by atoms with E-state index in [1.165, 1.54) is 18.2 Å². The van der Waals surface area contributed by atoms with Gasteiger partial charge in [-0.15, -0.1) is 0 Å². The molecule has 0 unspecified atom stereocenters. The van der Waals surface area contributed by atoms with Gasteiger partial charge < -0.3 is 11.1 Å². The zero-order chi connectivity index (χ0) is 12.8. The SMILES string of the molecule is N#Cc1ccc([N+](=O)[O-])c(NCCC(N)=O)c1. The molecule has 0 atom stereocenters. The molecular formula is C10H10N4O3. The monoisotopic (exact) mass is 234 g/mol. The molecule has 1 aromatic rings. The zero-order valence-electron chi connectivity index (χ0n) is 8.84. The van der Waals surface area contributed by atoms with Crippen molar-refractivity contribution < 1.29 is 9.72 Å². The minimum Gasteiger partial charge on any atom is -0.379 e. The second kappa shape index (κ2) is 5.46. The lowest BCUT2D eigenvalue weighted by molar-refractivity contribution is -0.384. The van der Waals surface area contributed by atoms with Crippen LogP contribution in [0.4, 0.5) is 11.4 Å². The summed E-state index contributed by atoms with van der Waals surface area (Å²) in [7, 11) is 0. The Morgan fingerprint density at radius 3 is 2.82 bits per heavy atom. The predicted molar refractivity (Wildman–Crippen MR) is 60.1 cm³/mol. The van der Waals surface area contributed by atoms with Crippen molar-refractivity contribution in [2.75, 3.05) is 11.9 Å². The first kappa shape index (κ1) is 12.4. The first-order valence-corrected chi connectivity index (χ1v) is 4.75. The highest BCUT2D eigenvalue weighted by molar-refractivity contribution is 5.74. The molecule has 0 bridgehead atoms. The quantitative estimate of drug-likeness (QED) is 0.575. The van der Waals surface area contributed by atoms with Gasteiger partial charge in [-0.1, -0.05) is 0 Å². The molecule has 0 saturated heterocycles. The summed E-state index contributed by atoms with van der Waals surface area (Å²) in [6.07, 6.45) is 0.0634. The second-order valence-electron chi connectivity index (χ2n) is 3.24. The van der Waals surface area contributed by atoms with E-state index in [4.69, 9.17) is 11.0 Å². The molecular weight excluding hydrogens is 224 g/mol. The van der Waals surface area contributed by atoms with Crippen LogP contribution in [-0.4, -0.2) is 17.4 Å². The number of nitrogens with two attached hydrogens (primary N) is 1. The maximum absolute atomic E-state index is 10.7. The minimum absolute atomic E-state index is 0.0634. The lowest BCUT2D eigenvalue weighted by Gasteiger charge is -2.05. The number of nitrogens with one attached hydrogen (secondary N) is 1. The Labute approximate surface area is 97.0 Å². The van der Waals surface area contributed by atoms with Crippen molar-refractivity contribution in [2.45, 2.75) is 6.42 Å². The van der Waals surface area contributed by atoms with E-state index in [1.54, 1.807) is 0 Å². The lowest BCUT2D eigenvalue weighted by atomic mass is 10.2. The number of nitriles is 1. The van der Waals surface area contributed by atoms with Crippen molar-refractivity contribution in [3.05, 3.63) is 33.9 Å². The summed E-state index contributed by atoms with van der Waals surface area (Å²) in [5, 5.41) is 22.1. The molecule has 0 saturated carbocycles. The largest absolute Gasteiger partial charge is 0.379 e. The molecule has 0 aliphatic heterocycles. The number of hydrogen-bond donors (Lipinski definition) is 2. The molecule has 0 aliphatic rings. The number of carbonyl (C=O) groups excluding carboxylic acids is 1. The smallest absolute Gasteiger partial charge is 0.292 e. The standard InChI is InChI=1S/C10H10N4O3/c11-6-7-1-2-9(14(16)17)8(5-7)13-4-3-10(12)15/h1-2,5,13H,3-4H2,(H2,12,15). The molecule has 0 radical (unpaired) electrons. The minimum atomic E-state index is -0.562. The van der Waals surface area contributed by atoms with E-state index in [9.17, 15) is 14.9 Å². The van der Waals surface area contributed by atoms with Gasteiger partial charge >= 0.3 is 0 Å². The first-order valence-electron chi connectivity index (χ1n) is 4.75. The molecule has 0 fully saturated rings. The van der Waals surface area contributed by atoms with Gasteiger partial charge in [0.05, 0.1) is 16.6 Å². The molecule has 0 spiro atoms. The van der Waals surface area contributed by atoms with E-state index in [0.717, 1.165) is 0 Å². The Hall–Kier alpha value is -2.62. The number of nitrogens with zero attached hydrogens (tertiary/aromatic N) is 2. The number of anilines is 1. The number of primary amides is 1. The summed E-state index contributed by atoms with van der Waals surface area (Å²) in [4.78, 5) is 20.7. The molecule has 3 N–H and O–H groups in total. The third-order valence-electron chi connectivity index (χ3n) is 2.01. The highest BCUT2D eigenvalue weighted by Crippen LogP contribution is 2.25. The average molecular weight is 234 g/mol. The van der Waals surface area contributed by atoms with Crippen LogP contribution in [0.1, 0.15) is 12.0 Å². The maximum Gasteiger partial charge on any atom is 0.292 e. The zero-order valence-corrected chi connectivity index (χ0v) is 8.84. The van der Waals surface area contributed by atoms with Crippen molar-refractivity contribution in [3.63, 3.8) is 0 Å². The predicted octanol–water partition coefficient (Wildman–Crippen LogP) is 0.754. The summed E-state index contributed by atoms with van der Waals surface area (Å²) in [5.74, 6) is -0.503. The summed E-state index contributed by atoms with van der Waals surface area (Å²) in [5.41, 5.74) is 5.31. The van der Waals surface area contributed by atoms with E-state index in [1.807, 2.05) is 6.07 Å². The van der Waals surface area contributed by atoms with Crippen LogP contribution in [0, 0.1) is 21.4 Å². The topological polar surface area (TPSA) is 122 Å². The fourth-order valence-corrected chi connectivity index (χ4v) is 1.23. The summed E-state index contributed by atoms with van der Waals surface area (Å²) in [6, 6.07) is 5.84. The summed E-state index contributed by atoms with van der Waals surface area (Å²) < 4.78 is 0. The van der Waals surface area contributed by atoms with E-state index >= 15 is 0 Å². The third-order valence-corrected chi connectivity index (χ3v) is 2.01. The van der Waals surface area contributed by atoms with Gasteiger partial charge in [0.25, 0.3) is 5.69 Å². The van der Waals surface area contributed by atoms with Gasteiger partial charge in [-0.25, -0.2) is 0 Å². The molecule has 7 nitrogen and oxygen atoms in total. The van der Waals surface area contributed by atoms with E-state index in [0.29, 0.717) is 5.56 Å². The van der Waals surface area contributed by atoms with Crippen LogP contribution in [0.25, 0.3) is 0 Å². The molecule has 17 heavy (non-hydrogen) atoms. The third kappa shape index (κ3) is 3.46. The molecule has 0 aliphatic carbocycles. The van der Waals surface area contributed by atoms with Crippen molar-refractivity contribution in [3.8, 4) is 6.07 Å². The first-order chi connectivity index (χ1) is 8.04. The highest BCUT2D eigenvalue weighted by atomic mass is 16.6. The Bertz CT molecular complexity index is 493. The number of carbonyl (C=O) groups is 1. The number of nitro groups is 1. The number of rotatable bonds is 5. The van der Waals surface area contributed by atoms with Crippen molar-refractivity contribution in [2.24, 2.45) is 5.73 Å². The molecule has 1 aromatic carbocycles. The fraction of sp³-hybridized carbons (Fsp3) is 0.200. The summed E-state index contributed by atoms with van der Waals surface area (Å²) >= 11 is 0. The molecule has 0 aromatic heterocycles. The molecule has 7 heteroatoms. The van der Waals surface area contributed by atoms with Gasteiger partial charge in [0.2, 0.25) is 5.91 Å². The summed E-state index contributed by atoms with van der Waals surface area (Å²) in [6.45, 7) is 0.186. The van der Waals surface area contributed by atoms with Crippen LogP contribution >= 0.6 is 0 Å². The second-order valence-corrected chi connectivity index (χ2v) is 3.24. The van der Waals surface area contributed by atoms with E-state index in [2.05, 4.69) is 5.32 Å². The Kier molecular flexibility index (Phi) is 4.00. The van der Waals surface area contributed by atoms with E-state index in [-0.39, 0.29) is 24.3 Å². The van der Waals surface area contributed by atoms with Crippen molar-refractivity contribution in [1.29, 1.82) is 5.26 Å². The number of amides is 1. The van der Waals surface area contributed by atoms with Gasteiger partial charge in [-0.05, 0) is 12.1 Å². The van der Waals surface area contributed by atoms with Gasteiger partial charge in [-0.2, -0.15) is 5.26 Å². The van der Waals surface area contributed by atoms with Gasteiger partial charge in [0, 0.05) is 19.0 Å². The molecule has 1 rings (SSSR count). The van der Waals surface area contributed by atoms with E-state index < -0.39 is 10.8 Å². The van der Waals surface area contributed by atoms with Crippen LogP contribution in [0.2, 0.25) is 0 Å². The number of benzene rings is 1. The normalized spacial score (nSPS) is 9.35. The van der Waals surface area contributed by atoms with Crippen LogP contribution in [0.5, 0.6) is 0 Å². The van der Waals surface area contributed by atoms with Crippen LogP contribution in [-0.2, 0) is 4.79 Å². The van der Waals surface area contributed by atoms with Gasteiger partial charge in [0.1, 0.15) is 5.69 Å². The lowest BCUT2D eigenvalue weighted by Crippen LogP contribution is -2.16. The Balaban J connectivity index is 2.90. The molecule has 88 valence electrons. The molecule has 0 heterocycles. The van der Waals surface area contributed by atoms with Crippen LogP contribution in [0.3, 0.4) is 0 Å². The van der Waals surface area contributed by atoms with Gasteiger partial charge in [-0.3, -0.25) is 14.9 Å². The van der Waals surface area contributed by atoms with Gasteiger partial charge in [0.15, 0.2) is 0 Å². The van der Waals surface area contributed by atoms with Crippen molar-refractivity contribution in [1.82, 2.24) is 0 Å². The number of hydrogen-bond acceptors (Lipinski definition) is 5. The average Bonchev–Trinajstić information content (AvgIpc) is 2.28. The number of nitro benzene ring substituents is 1. The molecule has 1 amide bonds.